The molecule has 1 saturated heterocycles. The summed E-state index contributed by atoms with van der Waals surface area (Å²) in [5, 5.41) is 8.42. The number of hydrogen-bond donors (Lipinski definition) is 0. The number of aromatic nitrogens is 5. The van der Waals surface area contributed by atoms with Crippen LogP contribution in [-0.2, 0) is 4.79 Å². The molecule has 4 atom stereocenters. The molecular weight excluding hydrogens is 485 g/mol. The van der Waals surface area contributed by atoms with E-state index in [1.54, 1.807) is 37.9 Å². The molecule has 2 unspecified atom stereocenters. The van der Waals surface area contributed by atoms with Crippen molar-refractivity contribution in [1.29, 1.82) is 0 Å². The first-order chi connectivity index (χ1) is 17.6. The van der Waals surface area contributed by atoms with Crippen LogP contribution in [0.2, 0.25) is 0 Å². The molecule has 37 heavy (non-hydrogen) atoms. The average molecular weight is 513 g/mol. The second-order valence-electron chi connectivity index (χ2n) is 9.54. The van der Waals surface area contributed by atoms with Gasteiger partial charge in [0.15, 0.2) is 0 Å². The fourth-order valence-corrected chi connectivity index (χ4v) is 5.16. The van der Waals surface area contributed by atoms with Crippen molar-refractivity contribution in [2.24, 2.45) is 11.8 Å². The average Bonchev–Trinajstić information content (AvgIpc) is 3.52. The van der Waals surface area contributed by atoms with E-state index in [2.05, 4.69) is 15.3 Å². The highest BCUT2D eigenvalue weighted by molar-refractivity contribution is 5.81. The van der Waals surface area contributed by atoms with Crippen LogP contribution < -0.4 is 4.74 Å². The Morgan fingerprint density at radius 1 is 1.16 bits per heavy atom. The zero-order valence-electron chi connectivity index (χ0n) is 20.6. The van der Waals surface area contributed by atoms with E-state index in [0.717, 1.165) is 16.3 Å². The number of benzene rings is 1. The van der Waals surface area contributed by atoms with Crippen molar-refractivity contribution < 1.29 is 22.7 Å². The van der Waals surface area contributed by atoms with Crippen LogP contribution in [0, 0.1) is 18.8 Å². The summed E-state index contributed by atoms with van der Waals surface area (Å²) >= 11 is 0. The van der Waals surface area contributed by atoms with Gasteiger partial charge < -0.3 is 14.2 Å². The lowest BCUT2D eigenvalue weighted by Gasteiger charge is -2.35. The first kappa shape index (κ1) is 24.8. The number of hydrogen-bond acceptors (Lipinski definition) is 5. The number of rotatable bonds is 5. The third-order valence-corrected chi connectivity index (χ3v) is 6.97. The zero-order chi connectivity index (χ0) is 26.3. The molecule has 2 aliphatic rings. The van der Waals surface area contributed by atoms with Gasteiger partial charge in [0.2, 0.25) is 5.91 Å². The quantitative estimate of drug-likeness (QED) is 0.502. The number of nitrogens with zero attached hydrogens (tertiary/aromatic N) is 6. The number of carbonyl (C=O) groups is 1. The number of halogens is 3. The van der Waals surface area contributed by atoms with E-state index in [0.29, 0.717) is 23.4 Å². The van der Waals surface area contributed by atoms with Crippen molar-refractivity contribution in [2.75, 3.05) is 13.7 Å². The van der Waals surface area contributed by atoms with E-state index in [9.17, 15) is 18.0 Å². The standard InChI is InChI=1S/C26H27F3N6O2/c1-16-10-23(25(36)34(14-26(27,28)29)21-7-5-4-6-19(16)21)35-13-20(31-32-35)18-8-9-22(24(11-18)37-3)33-12-17(2)30-15-33/h4-9,11-13,15-16,19,21,23H,10,14H2,1-3H3/t16-,19?,21?,23+/m0/s1. The van der Waals surface area contributed by atoms with Gasteiger partial charge in [-0.2, -0.15) is 13.2 Å². The van der Waals surface area contributed by atoms with Crippen molar-refractivity contribution in [2.45, 2.75) is 38.5 Å². The van der Waals surface area contributed by atoms with Gasteiger partial charge in [-0.25, -0.2) is 9.67 Å². The summed E-state index contributed by atoms with van der Waals surface area (Å²) in [5.74, 6) is -0.295. The lowest BCUT2D eigenvalue weighted by molar-refractivity contribution is -0.166. The van der Waals surface area contributed by atoms with Gasteiger partial charge >= 0.3 is 6.18 Å². The smallest absolute Gasteiger partial charge is 0.406 e. The first-order valence-corrected chi connectivity index (χ1v) is 12.0. The predicted octanol–water partition coefficient (Wildman–Crippen LogP) is 4.53. The maximum atomic E-state index is 13.5. The van der Waals surface area contributed by atoms with Crippen LogP contribution in [0.1, 0.15) is 25.1 Å². The van der Waals surface area contributed by atoms with E-state index in [1.165, 1.54) is 4.68 Å². The molecule has 5 rings (SSSR count). The molecule has 0 saturated carbocycles. The number of amides is 1. The van der Waals surface area contributed by atoms with Crippen LogP contribution >= 0.6 is 0 Å². The summed E-state index contributed by atoms with van der Waals surface area (Å²) < 4.78 is 49.3. The molecule has 1 aromatic carbocycles. The topological polar surface area (TPSA) is 78.1 Å². The van der Waals surface area contributed by atoms with Crippen molar-refractivity contribution in [3.05, 3.63) is 66.9 Å². The molecular formula is C26H27F3N6O2. The van der Waals surface area contributed by atoms with Crippen molar-refractivity contribution in [1.82, 2.24) is 29.4 Å². The molecule has 0 bridgehead atoms. The second-order valence-corrected chi connectivity index (χ2v) is 9.54. The summed E-state index contributed by atoms with van der Waals surface area (Å²) in [5.41, 5.74) is 2.83. The Bertz CT molecular complexity index is 1360. The lowest BCUT2D eigenvalue weighted by atomic mass is 9.82. The van der Waals surface area contributed by atoms with Crippen molar-refractivity contribution in [3.63, 3.8) is 0 Å². The number of fused-ring (bicyclic) bond motifs is 1. The number of alkyl halides is 3. The Kier molecular flexibility index (Phi) is 6.38. The highest BCUT2D eigenvalue weighted by atomic mass is 19.4. The molecule has 0 radical (unpaired) electrons. The van der Waals surface area contributed by atoms with Gasteiger partial charge in [-0.3, -0.25) is 4.79 Å². The minimum atomic E-state index is -4.52. The van der Waals surface area contributed by atoms with Crippen LogP contribution in [0.15, 0.2) is 61.2 Å². The minimum absolute atomic E-state index is 0.0518. The number of allylic oxidation sites excluding steroid dienone is 2. The van der Waals surface area contributed by atoms with Gasteiger partial charge in [0, 0.05) is 17.7 Å². The van der Waals surface area contributed by atoms with Crippen LogP contribution in [0.4, 0.5) is 13.2 Å². The van der Waals surface area contributed by atoms with Crippen molar-refractivity contribution in [3.8, 4) is 22.7 Å². The maximum absolute atomic E-state index is 13.5. The van der Waals surface area contributed by atoms with Crippen LogP contribution in [0.5, 0.6) is 5.75 Å². The Hall–Kier alpha value is -3.89. The molecule has 1 fully saturated rings. The Morgan fingerprint density at radius 2 is 1.95 bits per heavy atom. The Balaban J connectivity index is 1.47. The van der Waals surface area contributed by atoms with Gasteiger partial charge in [0.1, 0.15) is 24.0 Å². The number of ether oxygens (including phenoxy) is 1. The van der Waals surface area contributed by atoms with Gasteiger partial charge in [-0.1, -0.05) is 42.5 Å². The van der Waals surface area contributed by atoms with E-state index in [4.69, 9.17) is 4.74 Å². The molecule has 0 N–H and O–H groups in total. The number of imidazole rings is 1. The van der Waals surface area contributed by atoms with Gasteiger partial charge in [-0.05, 0) is 31.4 Å². The van der Waals surface area contributed by atoms with Gasteiger partial charge in [-0.15, -0.1) is 5.10 Å². The number of carbonyl (C=O) groups excluding carboxylic acids is 1. The summed E-state index contributed by atoms with van der Waals surface area (Å²) in [4.78, 5) is 18.7. The third kappa shape index (κ3) is 4.90. The van der Waals surface area contributed by atoms with Crippen molar-refractivity contribution >= 4 is 5.91 Å². The number of likely N-dealkylation sites (tertiary alicyclic amines) is 1. The molecule has 1 aliphatic carbocycles. The summed E-state index contributed by atoms with van der Waals surface area (Å²) in [7, 11) is 1.56. The fraction of sp³-hybridized carbons (Fsp3) is 0.385. The lowest BCUT2D eigenvalue weighted by Crippen LogP contribution is -2.49. The third-order valence-electron chi connectivity index (χ3n) is 6.97. The number of methoxy groups -OCH3 is 1. The number of aryl methyl sites for hydroxylation is 1. The van der Waals surface area contributed by atoms with E-state index >= 15 is 0 Å². The maximum Gasteiger partial charge on any atom is 0.406 e. The molecule has 3 aromatic rings. The van der Waals surface area contributed by atoms with Crippen LogP contribution in [0.3, 0.4) is 0 Å². The molecule has 11 heteroatoms. The Labute approximate surface area is 212 Å². The monoisotopic (exact) mass is 512 g/mol. The van der Waals surface area contributed by atoms with Crippen LogP contribution in [0.25, 0.3) is 16.9 Å². The molecule has 0 spiro atoms. The molecule has 2 aromatic heterocycles. The first-order valence-electron chi connectivity index (χ1n) is 12.0. The minimum Gasteiger partial charge on any atom is -0.495 e. The summed E-state index contributed by atoms with van der Waals surface area (Å²) in [6.07, 6.45) is 8.08. The normalized spacial score (nSPS) is 23.7. The van der Waals surface area contributed by atoms with Crippen LogP contribution in [-0.4, -0.2) is 61.2 Å². The van der Waals surface area contributed by atoms with Gasteiger partial charge in [0.05, 0.1) is 37.1 Å². The fourth-order valence-electron chi connectivity index (χ4n) is 5.16. The largest absolute Gasteiger partial charge is 0.495 e. The highest BCUT2D eigenvalue weighted by Crippen LogP contribution is 2.38. The second kappa shape index (κ2) is 9.53. The SMILES string of the molecule is COc1cc(-c2cn([C@@H]3C[C@H](C)C4C=CC=CC4N(CC(F)(F)F)C3=O)nn2)ccc1-n1cnc(C)c1. The predicted molar refractivity (Wildman–Crippen MR) is 130 cm³/mol. The van der Waals surface area contributed by atoms with E-state index < -0.39 is 30.7 Å². The zero-order valence-corrected chi connectivity index (χ0v) is 20.6. The Morgan fingerprint density at radius 3 is 2.65 bits per heavy atom. The summed E-state index contributed by atoms with van der Waals surface area (Å²) in [6, 6.07) is 3.95. The van der Waals surface area contributed by atoms with E-state index in [-0.39, 0.29) is 11.8 Å². The summed E-state index contributed by atoms with van der Waals surface area (Å²) in [6.45, 7) is 2.53. The van der Waals surface area contributed by atoms with E-state index in [1.807, 2.05) is 48.9 Å². The molecule has 3 heterocycles. The highest BCUT2D eigenvalue weighted by Gasteiger charge is 2.45. The molecule has 8 nitrogen and oxygen atoms in total. The molecule has 194 valence electrons. The van der Waals surface area contributed by atoms with Gasteiger partial charge in [0.25, 0.3) is 0 Å². The molecule has 1 aliphatic heterocycles. The molecule has 1 amide bonds.